The Bertz CT molecular complexity index is 567. The van der Waals surface area contributed by atoms with Crippen LogP contribution in [0.25, 0.3) is 0 Å². The van der Waals surface area contributed by atoms with Crippen molar-refractivity contribution >= 4 is 18.0 Å². The Labute approximate surface area is 122 Å². The lowest BCUT2D eigenvalue weighted by Gasteiger charge is -2.06. The van der Waals surface area contributed by atoms with Gasteiger partial charge < -0.3 is 15.2 Å². The lowest BCUT2D eigenvalue weighted by molar-refractivity contribution is -0.139. The molecule has 0 aromatic heterocycles. The molecular formula is C14H17N3O4. The van der Waals surface area contributed by atoms with E-state index in [0.29, 0.717) is 17.9 Å². The Hall–Kier alpha value is -2.57. The fraction of sp³-hybridized carbons (Fsp3) is 0.357. The Morgan fingerprint density at radius 3 is 2.86 bits per heavy atom. The number of carbonyl (C=O) groups is 2. The van der Waals surface area contributed by atoms with Gasteiger partial charge in [-0.05, 0) is 43.5 Å². The molecule has 1 aromatic rings. The van der Waals surface area contributed by atoms with Crippen molar-refractivity contribution in [1.29, 1.82) is 0 Å². The van der Waals surface area contributed by atoms with E-state index in [1.165, 1.54) is 12.3 Å². The van der Waals surface area contributed by atoms with Crippen LogP contribution >= 0.6 is 0 Å². The average molecular weight is 291 g/mol. The number of nitrogens with one attached hydrogen (secondary N) is 2. The van der Waals surface area contributed by atoms with Gasteiger partial charge in [0.2, 0.25) is 0 Å². The molecule has 0 aliphatic heterocycles. The van der Waals surface area contributed by atoms with Crippen molar-refractivity contribution < 1.29 is 19.4 Å². The molecule has 1 aliphatic rings. The summed E-state index contributed by atoms with van der Waals surface area (Å²) in [6, 6.07) is 4.78. The van der Waals surface area contributed by atoms with Gasteiger partial charge in [-0.3, -0.25) is 9.59 Å². The lowest BCUT2D eigenvalue weighted by atomic mass is 10.2. The molecule has 0 heterocycles. The topological polar surface area (TPSA) is 100 Å². The van der Waals surface area contributed by atoms with Crippen molar-refractivity contribution in [3.05, 3.63) is 23.8 Å². The van der Waals surface area contributed by atoms with E-state index in [4.69, 9.17) is 4.74 Å². The maximum absolute atomic E-state index is 11.4. The average Bonchev–Trinajstić information content (AvgIpc) is 3.26. The van der Waals surface area contributed by atoms with Crippen LogP contribution in [0.2, 0.25) is 0 Å². The summed E-state index contributed by atoms with van der Waals surface area (Å²) < 4.78 is 5.23. The van der Waals surface area contributed by atoms with Crippen molar-refractivity contribution in [3.63, 3.8) is 0 Å². The number of carbonyl (C=O) groups excluding carboxylic acids is 2. The number of nitrogens with zero attached hydrogens (tertiary/aromatic N) is 1. The van der Waals surface area contributed by atoms with E-state index in [0.717, 1.165) is 12.8 Å². The third-order valence-electron chi connectivity index (χ3n) is 2.78. The molecule has 2 amide bonds. The molecule has 0 unspecified atom stereocenters. The van der Waals surface area contributed by atoms with Gasteiger partial charge in [-0.25, -0.2) is 5.43 Å². The van der Waals surface area contributed by atoms with E-state index in [-0.39, 0.29) is 11.8 Å². The minimum absolute atomic E-state index is 0.0295. The van der Waals surface area contributed by atoms with Crippen molar-refractivity contribution in [2.75, 3.05) is 6.61 Å². The fourth-order valence-electron chi connectivity index (χ4n) is 1.58. The summed E-state index contributed by atoms with van der Waals surface area (Å²) in [5, 5.41) is 15.8. The second-order valence-electron chi connectivity index (χ2n) is 4.61. The number of amides is 2. The predicted octanol–water partition coefficient (Wildman–Crippen LogP) is 0.520. The molecular weight excluding hydrogens is 274 g/mol. The van der Waals surface area contributed by atoms with Crippen LogP contribution in [-0.4, -0.2) is 35.8 Å². The normalized spacial score (nSPS) is 14.0. The van der Waals surface area contributed by atoms with Gasteiger partial charge in [-0.2, -0.15) is 5.10 Å². The largest absolute Gasteiger partial charge is 0.504 e. The SMILES string of the molecule is CCOc1cc(/C=N\NC(=O)C(=O)NC2CC2)ccc1O. The van der Waals surface area contributed by atoms with Crippen LogP contribution in [0.5, 0.6) is 11.5 Å². The van der Waals surface area contributed by atoms with Crippen LogP contribution in [-0.2, 0) is 9.59 Å². The molecule has 0 saturated heterocycles. The number of rotatable bonds is 5. The van der Waals surface area contributed by atoms with Gasteiger partial charge >= 0.3 is 11.8 Å². The van der Waals surface area contributed by atoms with Crippen molar-refractivity contribution in [2.45, 2.75) is 25.8 Å². The summed E-state index contributed by atoms with van der Waals surface area (Å²) >= 11 is 0. The zero-order valence-electron chi connectivity index (χ0n) is 11.6. The predicted molar refractivity (Wildman–Crippen MR) is 76.2 cm³/mol. The molecule has 21 heavy (non-hydrogen) atoms. The molecule has 1 aromatic carbocycles. The fourth-order valence-corrected chi connectivity index (χ4v) is 1.58. The molecule has 0 atom stereocenters. The summed E-state index contributed by atoms with van der Waals surface area (Å²) in [4.78, 5) is 22.8. The molecule has 0 radical (unpaired) electrons. The number of benzene rings is 1. The minimum Gasteiger partial charge on any atom is -0.504 e. The quantitative estimate of drug-likeness (QED) is 0.418. The van der Waals surface area contributed by atoms with Gasteiger partial charge in [0.1, 0.15) is 0 Å². The van der Waals surface area contributed by atoms with Crippen LogP contribution in [0.15, 0.2) is 23.3 Å². The molecule has 1 saturated carbocycles. The molecule has 1 aliphatic carbocycles. The molecule has 2 rings (SSSR count). The number of hydrazone groups is 1. The number of hydrogen-bond donors (Lipinski definition) is 3. The highest BCUT2D eigenvalue weighted by atomic mass is 16.5. The highest BCUT2D eigenvalue weighted by Crippen LogP contribution is 2.26. The van der Waals surface area contributed by atoms with Crippen molar-refractivity contribution in [1.82, 2.24) is 10.7 Å². The highest BCUT2D eigenvalue weighted by molar-refractivity contribution is 6.35. The van der Waals surface area contributed by atoms with Gasteiger partial charge in [-0.15, -0.1) is 0 Å². The van der Waals surface area contributed by atoms with Crippen LogP contribution in [0.4, 0.5) is 0 Å². The van der Waals surface area contributed by atoms with E-state index < -0.39 is 11.8 Å². The molecule has 7 heteroatoms. The molecule has 3 N–H and O–H groups in total. The van der Waals surface area contributed by atoms with Crippen molar-refractivity contribution in [2.24, 2.45) is 5.10 Å². The molecule has 0 bridgehead atoms. The molecule has 7 nitrogen and oxygen atoms in total. The van der Waals surface area contributed by atoms with E-state index in [9.17, 15) is 14.7 Å². The number of hydrogen-bond acceptors (Lipinski definition) is 5. The van der Waals surface area contributed by atoms with E-state index in [1.54, 1.807) is 19.1 Å². The number of phenols is 1. The van der Waals surface area contributed by atoms with Gasteiger partial charge in [0.05, 0.1) is 12.8 Å². The highest BCUT2D eigenvalue weighted by Gasteiger charge is 2.26. The second-order valence-corrected chi connectivity index (χ2v) is 4.61. The monoisotopic (exact) mass is 291 g/mol. The summed E-state index contributed by atoms with van der Waals surface area (Å²) in [6.07, 6.45) is 3.19. The second kappa shape index (κ2) is 6.74. The van der Waals surface area contributed by atoms with Crippen molar-refractivity contribution in [3.8, 4) is 11.5 Å². The van der Waals surface area contributed by atoms with E-state index >= 15 is 0 Å². The first-order valence-corrected chi connectivity index (χ1v) is 6.70. The Kier molecular flexibility index (Phi) is 4.76. The molecule has 112 valence electrons. The van der Waals surface area contributed by atoms with Crippen LogP contribution in [0.3, 0.4) is 0 Å². The first kappa shape index (κ1) is 14.8. The maximum atomic E-state index is 11.4. The van der Waals surface area contributed by atoms with E-state index in [1.807, 2.05) is 0 Å². The third kappa shape index (κ3) is 4.48. The smallest absolute Gasteiger partial charge is 0.329 e. The molecule has 1 fully saturated rings. The number of ether oxygens (including phenoxy) is 1. The third-order valence-corrected chi connectivity index (χ3v) is 2.78. The maximum Gasteiger partial charge on any atom is 0.329 e. The van der Waals surface area contributed by atoms with Gasteiger partial charge in [0, 0.05) is 6.04 Å². The van der Waals surface area contributed by atoms with Crippen LogP contribution in [0, 0.1) is 0 Å². The first-order chi connectivity index (χ1) is 10.1. The first-order valence-electron chi connectivity index (χ1n) is 6.70. The summed E-state index contributed by atoms with van der Waals surface area (Å²) in [5.74, 6) is -1.13. The van der Waals surface area contributed by atoms with Crippen LogP contribution in [0.1, 0.15) is 25.3 Å². The standard InChI is InChI=1S/C14H17N3O4/c1-2-21-12-7-9(3-6-11(12)18)8-15-17-14(20)13(19)16-10-4-5-10/h3,6-8,10,18H,2,4-5H2,1H3,(H,16,19)(H,17,20)/b15-8-. The summed E-state index contributed by atoms with van der Waals surface area (Å²) in [5.41, 5.74) is 2.77. The zero-order chi connectivity index (χ0) is 15.2. The number of phenolic OH excluding ortho intramolecular Hbond substituents is 1. The van der Waals surface area contributed by atoms with E-state index in [2.05, 4.69) is 15.8 Å². The Morgan fingerprint density at radius 2 is 2.19 bits per heavy atom. The minimum atomic E-state index is -0.804. The van der Waals surface area contributed by atoms with Crippen LogP contribution < -0.4 is 15.5 Å². The lowest BCUT2D eigenvalue weighted by Crippen LogP contribution is -2.38. The zero-order valence-corrected chi connectivity index (χ0v) is 11.6. The van der Waals surface area contributed by atoms with Gasteiger partial charge in [-0.1, -0.05) is 0 Å². The summed E-state index contributed by atoms with van der Waals surface area (Å²) in [7, 11) is 0. The molecule has 0 spiro atoms. The van der Waals surface area contributed by atoms with Gasteiger partial charge in [0.15, 0.2) is 11.5 Å². The Morgan fingerprint density at radius 1 is 1.43 bits per heavy atom. The summed E-state index contributed by atoms with van der Waals surface area (Å²) in [6.45, 7) is 2.23. The number of aromatic hydroxyl groups is 1. The Balaban J connectivity index is 1.89. The van der Waals surface area contributed by atoms with Gasteiger partial charge in [0.25, 0.3) is 0 Å².